The Morgan fingerprint density at radius 3 is 2.21 bits per heavy atom. The van der Waals surface area contributed by atoms with Crippen molar-refractivity contribution in [2.75, 3.05) is 27.2 Å². The minimum atomic E-state index is -0.907. The highest BCUT2D eigenvalue weighted by Gasteiger charge is 2.06. The lowest BCUT2D eigenvalue weighted by Crippen LogP contribution is -2.43. The molecule has 7 nitrogen and oxygen atoms in total. The van der Waals surface area contributed by atoms with Gasteiger partial charge in [0.2, 0.25) is 11.8 Å². The van der Waals surface area contributed by atoms with Crippen molar-refractivity contribution in [3.05, 3.63) is 0 Å². The molecule has 0 aromatic rings. The van der Waals surface area contributed by atoms with Crippen molar-refractivity contribution in [2.24, 2.45) is 5.73 Å². The van der Waals surface area contributed by atoms with Gasteiger partial charge >= 0.3 is 6.03 Å². The summed E-state index contributed by atoms with van der Waals surface area (Å²) in [6.07, 6.45) is 0. The maximum Gasteiger partial charge on any atom is 0.318 e. The number of nitrogens with two attached hydrogens (primary N) is 1. The Balaban J connectivity index is 3.59. The Morgan fingerprint density at radius 2 is 1.79 bits per heavy atom. The van der Waals surface area contributed by atoms with E-state index in [1.54, 1.807) is 14.1 Å². The van der Waals surface area contributed by atoms with Crippen molar-refractivity contribution in [1.82, 2.24) is 15.5 Å². The first kappa shape index (κ1) is 12.4. The largest absolute Gasteiger partial charge is 0.351 e. The number of primary amides is 1. The number of likely N-dealkylation sites (N-methyl/N-ethyl adjacent to an activating group) is 1. The number of urea groups is 1. The molecule has 0 spiro atoms. The summed E-state index contributed by atoms with van der Waals surface area (Å²) >= 11 is 0. The van der Waals surface area contributed by atoms with Crippen LogP contribution in [-0.4, -0.2) is 49.9 Å². The molecule has 0 saturated heterocycles. The lowest BCUT2D eigenvalue weighted by Gasteiger charge is -2.10. The van der Waals surface area contributed by atoms with Crippen molar-refractivity contribution in [1.29, 1.82) is 0 Å². The molecule has 0 aromatic carbocycles. The summed E-state index contributed by atoms with van der Waals surface area (Å²) in [5.41, 5.74) is 4.70. The van der Waals surface area contributed by atoms with Crippen LogP contribution in [-0.2, 0) is 9.59 Å². The fourth-order valence-electron chi connectivity index (χ4n) is 0.623. The first-order chi connectivity index (χ1) is 6.43. The summed E-state index contributed by atoms with van der Waals surface area (Å²) in [5.74, 6) is -0.721. The van der Waals surface area contributed by atoms with Gasteiger partial charge in [-0.2, -0.15) is 0 Å². The number of amides is 4. The molecule has 0 heterocycles. The Morgan fingerprint density at radius 1 is 1.21 bits per heavy atom. The minimum absolute atomic E-state index is 0.0409. The van der Waals surface area contributed by atoms with E-state index in [0.29, 0.717) is 0 Å². The third-order valence-corrected chi connectivity index (χ3v) is 1.32. The molecule has 0 atom stereocenters. The zero-order chi connectivity index (χ0) is 11.1. The van der Waals surface area contributed by atoms with Crippen LogP contribution < -0.4 is 16.4 Å². The number of carbonyl (C=O) groups excluding carboxylic acids is 3. The van der Waals surface area contributed by atoms with Gasteiger partial charge in [0, 0.05) is 14.1 Å². The van der Waals surface area contributed by atoms with E-state index in [2.05, 4.69) is 5.32 Å². The molecule has 4 N–H and O–H groups in total. The molecule has 0 aliphatic rings. The average molecular weight is 202 g/mol. The maximum atomic E-state index is 11.0. The van der Waals surface area contributed by atoms with Crippen LogP contribution >= 0.6 is 0 Å². The Hall–Kier alpha value is -1.63. The van der Waals surface area contributed by atoms with E-state index in [4.69, 9.17) is 5.73 Å². The van der Waals surface area contributed by atoms with Crippen LogP contribution in [0.2, 0.25) is 0 Å². The molecule has 14 heavy (non-hydrogen) atoms. The van der Waals surface area contributed by atoms with Gasteiger partial charge in [0.25, 0.3) is 0 Å². The summed E-state index contributed by atoms with van der Waals surface area (Å²) in [6.45, 7) is -0.0816. The highest BCUT2D eigenvalue weighted by molar-refractivity contribution is 5.94. The van der Waals surface area contributed by atoms with E-state index >= 15 is 0 Å². The van der Waals surface area contributed by atoms with Gasteiger partial charge in [-0.3, -0.25) is 20.2 Å². The van der Waals surface area contributed by atoms with Crippen molar-refractivity contribution in [2.45, 2.75) is 0 Å². The van der Waals surface area contributed by atoms with Gasteiger partial charge in [0.1, 0.15) is 0 Å². The van der Waals surface area contributed by atoms with Crippen molar-refractivity contribution in [3.63, 3.8) is 0 Å². The van der Waals surface area contributed by atoms with E-state index in [1.807, 2.05) is 5.32 Å². The highest BCUT2D eigenvalue weighted by Crippen LogP contribution is 1.75. The molecular formula is C7H14N4O3. The minimum Gasteiger partial charge on any atom is -0.351 e. The second kappa shape index (κ2) is 5.92. The van der Waals surface area contributed by atoms with Crippen LogP contribution in [0.3, 0.4) is 0 Å². The van der Waals surface area contributed by atoms with Crippen LogP contribution in [0, 0.1) is 0 Å². The van der Waals surface area contributed by atoms with Crippen LogP contribution in [0.4, 0.5) is 4.79 Å². The van der Waals surface area contributed by atoms with Gasteiger partial charge in [-0.15, -0.1) is 0 Å². The SMILES string of the molecule is CN(C)C(=O)CNCC(=O)NC(N)=O. The Labute approximate surface area is 81.6 Å². The third-order valence-electron chi connectivity index (χ3n) is 1.32. The molecule has 0 saturated carbocycles. The molecule has 80 valence electrons. The predicted molar refractivity (Wildman–Crippen MR) is 49.3 cm³/mol. The third kappa shape index (κ3) is 5.95. The summed E-state index contributed by atoms with van der Waals surface area (Å²) in [7, 11) is 3.21. The predicted octanol–water partition coefficient (Wildman–Crippen LogP) is -2.14. The van der Waals surface area contributed by atoms with Gasteiger partial charge in [-0.1, -0.05) is 0 Å². The molecule has 0 aliphatic heterocycles. The fraction of sp³-hybridized carbons (Fsp3) is 0.571. The number of hydrogen-bond donors (Lipinski definition) is 3. The van der Waals surface area contributed by atoms with E-state index in [0.717, 1.165) is 0 Å². The quantitative estimate of drug-likeness (QED) is 0.483. The normalized spacial score (nSPS) is 9.29. The molecule has 4 amide bonds. The zero-order valence-electron chi connectivity index (χ0n) is 8.16. The smallest absolute Gasteiger partial charge is 0.318 e. The maximum absolute atomic E-state index is 11.0. The van der Waals surface area contributed by atoms with E-state index in [-0.39, 0.29) is 19.0 Å². The van der Waals surface area contributed by atoms with Crippen molar-refractivity contribution in [3.8, 4) is 0 Å². The Bertz CT molecular complexity index is 239. The first-order valence-corrected chi connectivity index (χ1v) is 3.93. The summed E-state index contributed by atoms with van der Waals surface area (Å²) in [6, 6.07) is -0.907. The van der Waals surface area contributed by atoms with E-state index < -0.39 is 11.9 Å². The van der Waals surface area contributed by atoms with Gasteiger partial charge < -0.3 is 10.6 Å². The van der Waals surface area contributed by atoms with E-state index in [9.17, 15) is 14.4 Å². The molecule has 0 fully saturated rings. The van der Waals surface area contributed by atoms with Gasteiger partial charge in [-0.25, -0.2) is 4.79 Å². The van der Waals surface area contributed by atoms with Crippen molar-refractivity contribution < 1.29 is 14.4 Å². The monoisotopic (exact) mass is 202 g/mol. The molecule has 0 radical (unpaired) electrons. The molecule has 0 rings (SSSR count). The molecule has 0 bridgehead atoms. The second-order valence-corrected chi connectivity index (χ2v) is 2.80. The number of nitrogens with one attached hydrogen (secondary N) is 2. The second-order valence-electron chi connectivity index (χ2n) is 2.80. The molecule has 7 heteroatoms. The lowest BCUT2D eigenvalue weighted by molar-refractivity contribution is -0.127. The lowest BCUT2D eigenvalue weighted by atomic mass is 10.5. The number of carbonyl (C=O) groups is 3. The topological polar surface area (TPSA) is 105 Å². The summed E-state index contributed by atoms with van der Waals surface area (Å²) in [4.78, 5) is 33.4. The first-order valence-electron chi connectivity index (χ1n) is 3.93. The standard InChI is InChI=1S/C7H14N4O3/c1-11(2)6(13)4-9-3-5(12)10-7(8)14/h9H,3-4H2,1-2H3,(H3,8,10,12,14). The molecule has 0 unspecified atom stereocenters. The molecule has 0 aromatic heterocycles. The molecular weight excluding hydrogens is 188 g/mol. The number of hydrogen-bond acceptors (Lipinski definition) is 4. The summed E-state index contributed by atoms with van der Waals surface area (Å²) in [5, 5.41) is 4.42. The average Bonchev–Trinajstić information content (AvgIpc) is 2.02. The highest BCUT2D eigenvalue weighted by atomic mass is 16.2. The fourth-order valence-corrected chi connectivity index (χ4v) is 0.623. The number of imide groups is 1. The van der Waals surface area contributed by atoms with Gasteiger partial charge in [-0.05, 0) is 0 Å². The van der Waals surface area contributed by atoms with Gasteiger partial charge in [0.15, 0.2) is 0 Å². The molecule has 0 aliphatic carbocycles. The number of nitrogens with zero attached hydrogens (tertiary/aromatic N) is 1. The van der Waals surface area contributed by atoms with Crippen LogP contribution in [0.1, 0.15) is 0 Å². The number of rotatable bonds is 4. The van der Waals surface area contributed by atoms with Crippen LogP contribution in [0.25, 0.3) is 0 Å². The van der Waals surface area contributed by atoms with Gasteiger partial charge in [0.05, 0.1) is 13.1 Å². The summed E-state index contributed by atoms with van der Waals surface area (Å²) < 4.78 is 0. The van der Waals surface area contributed by atoms with E-state index in [1.165, 1.54) is 4.90 Å². The van der Waals surface area contributed by atoms with Crippen molar-refractivity contribution >= 4 is 17.8 Å². The zero-order valence-corrected chi connectivity index (χ0v) is 8.16. The van der Waals surface area contributed by atoms with Crippen LogP contribution in [0.5, 0.6) is 0 Å². The Kier molecular flexibility index (Phi) is 5.23. The van der Waals surface area contributed by atoms with Crippen LogP contribution in [0.15, 0.2) is 0 Å².